The zero-order valence-electron chi connectivity index (χ0n) is 13.4. The van der Waals surface area contributed by atoms with E-state index >= 15 is 4.32 Å². The highest BCUT2D eigenvalue weighted by Crippen LogP contribution is 2.32. The quantitative estimate of drug-likeness (QED) is 0.636. The summed E-state index contributed by atoms with van der Waals surface area (Å²) < 4.78 is 36.2. The van der Waals surface area contributed by atoms with Crippen molar-refractivity contribution in [2.24, 2.45) is 0 Å². The maximum absolute atomic E-state index is 15.8. The van der Waals surface area contributed by atoms with E-state index in [2.05, 4.69) is 0 Å². The minimum absolute atomic E-state index is 0.276. The fraction of sp³-hybridized carbons (Fsp3) is 0.176. The highest BCUT2D eigenvalue weighted by molar-refractivity contribution is 6.76. The molecule has 3 rings (SSSR count). The van der Waals surface area contributed by atoms with E-state index in [0.717, 1.165) is 10.6 Å². The predicted molar refractivity (Wildman–Crippen MR) is 88.2 cm³/mol. The number of hydrogen-bond acceptors (Lipinski definition) is 2. The molecule has 1 unspecified atom stereocenters. The van der Waals surface area contributed by atoms with Gasteiger partial charge < -0.3 is 13.5 Å². The Hall–Kier alpha value is -2.70. The molecule has 0 amide bonds. The van der Waals surface area contributed by atoms with Crippen molar-refractivity contribution in [1.82, 2.24) is 4.90 Å². The van der Waals surface area contributed by atoms with E-state index in [-0.39, 0.29) is 5.46 Å². The monoisotopic (exact) mass is 330 g/mol. The van der Waals surface area contributed by atoms with Gasteiger partial charge in [0.25, 0.3) is 0 Å². The molecule has 0 saturated carbocycles. The first-order valence-electron chi connectivity index (χ1n) is 7.58. The van der Waals surface area contributed by atoms with Gasteiger partial charge in [-0.05, 0) is 11.5 Å². The molecule has 4 nitrogen and oxygen atoms in total. The summed E-state index contributed by atoms with van der Waals surface area (Å²) in [5, 5.41) is 0. The molecule has 0 aromatic heterocycles. The lowest BCUT2D eigenvalue weighted by atomic mass is 9.66. The molecular formula is C17H17BF2N2O2. The Morgan fingerprint density at radius 1 is 1.12 bits per heavy atom. The van der Waals surface area contributed by atoms with Crippen molar-refractivity contribution < 1.29 is 22.6 Å². The highest BCUT2D eigenvalue weighted by Gasteiger charge is 2.55. The Kier molecular flexibility index (Phi) is 4.09. The zero-order valence-corrected chi connectivity index (χ0v) is 13.4. The summed E-state index contributed by atoms with van der Waals surface area (Å²) in [5.41, 5.74) is 0.306. The van der Waals surface area contributed by atoms with Crippen molar-refractivity contribution in [1.29, 1.82) is 0 Å². The number of hydrogen-bond donors (Lipinski definition) is 0. The molecule has 0 N–H and O–H groups in total. The molecule has 1 saturated heterocycles. The summed E-state index contributed by atoms with van der Waals surface area (Å²) in [6.07, 6.45) is 1.43. The fourth-order valence-corrected chi connectivity index (χ4v) is 2.94. The molecule has 1 heterocycles. The number of carbonyl (C=O) groups is 1. The number of rotatable bonds is 3. The number of carbonyl (C=O) groups excluding carboxylic acids is 1. The molecule has 7 heteroatoms. The van der Waals surface area contributed by atoms with E-state index in [1.807, 2.05) is 0 Å². The van der Waals surface area contributed by atoms with Crippen LogP contribution in [0, 0.1) is 5.82 Å². The third kappa shape index (κ3) is 2.66. The van der Waals surface area contributed by atoms with Crippen molar-refractivity contribution in [3.63, 3.8) is 0 Å². The lowest BCUT2D eigenvalue weighted by molar-refractivity contribution is -0.438. The molecule has 0 bridgehead atoms. The summed E-state index contributed by atoms with van der Waals surface area (Å²) in [7, 11) is 3.39. The van der Waals surface area contributed by atoms with Crippen molar-refractivity contribution >= 4 is 24.5 Å². The molecule has 124 valence electrons. The second-order valence-electron chi connectivity index (χ2n) is 5.95. The van der Waals surface area contributed by atoms with E-state index in [4.69, 9.17) is 4.65 Å². The summed E-state index contributed by atoms with van der Waals surface area (Å²) in [4.78, 5) is 14.0. The molecule has 0 aliphatic carbocycles. The Labute approximate surface area is 139 Å². The van der Waals surface area contributed by atoms with Crippen LogP contribution >= 0.6 is 0 Å². The van der Waals surface area contributed by atoms with Crippen LogP contribution in [0.2, 0.25) is 0 Å². The van der Waals surface area contributed by atoms with E-state index in [1.165, 1.54) is 24.5 Å². The van der Waals surface area contributed by atoms with Crippen molar-refractivity contribution in [2.45, 2.75) is 6.04 Å². The van der Waals surface area contributed by atoms with Crippen LogP contribution in [0.25, 0.3) is 0 Å². The van der Waals surface area contributed by atoms with Gasteiger partial charge in [0.15, 0.2) is 12.4 Å². The molecule has 1 aliphatic heterocycles. The number of nitrogens with zero attached hydrogens (tertiary/aromatic N) is 2. The normalized spacial score (nSPS) is 24.9. The van der Waals surface area contributed by atoms with Gasteiger partial charge in [-0.2, -0.15) is 0 Å². The first-order chi connectivity index (χ1) is 11.4. The summed E-state index contributed by atoms with van der Waals surface area (Å²) >= 11 is 0. The van der Waals surface area contributed by atoms with Gasteiger partial charge in [-0.25, -0.2) is 4.39 Å². The topological polar surface area (TPSA) is 32.5 Å². The second-order valence-corrected chi connectivity index (χ2v) is 5.95. The third-order valence-corrected chi connectivity index (χ3v) is 3.95. The van der Waals surface area contributed by atoms with Crippen LogP contribution in [-0.4, -0.2) is 42.6 Å². The predicted octanol–water partition coefficient (Wildman–Crippen LogP) is 1.84. The van der Waals surface area contributed by atoms with E-state index in [9.17, 15) is 9.18 Å². The average molecular weight is 330 g/mol. The highest BCUT2D eigenvalue weighted by atomic mass is 19.1. The van der Waals surface area contributed by atoms with Crippen LogP contribution in [0.4, 0.5) is 8.71 Å². The minimum Gasteiger partial charge on any atom is -0.619 e. The molecule has 0 spiro atoms. The van der Waals surface area contributed by atoms with Crippen LogP contribution in [0.5, 0.6) is 0 Å². The van der Waals surface area contributed by atoms with E-state index < -0.39 is 24.6 Å². The Morgan fingerprint density at radius 3 is 2.38 bits per heavy atom. The standard InChI is InChI=1S/C17H17BF2N2O2/c1-21(2)12-22-16(13-8-4-3-5-9-13)17(23)24-18(22,20)14-10-6-7-11-15(14)19/h3-12,16H,1-2H3/b22-12+/t16-,18?/m1/s1. The van der Waals surface area contributed by atoms with Crippen LogP contribution in [0.3, 0.4) is 0 Å². The van der Waals surface area contributed by atoms with Crippen LogP contribution in [-0.2, 0) is 9.45 Å². The average Bonchev–Trinajstić information content (AvgIpc) is 2.79. The van der Waals surface area contributed by atoms with Crippen LogP contribution < -0.4 is 5.46 Å². The molecule has 1 fully saturated rings. The zero-order chi connectivity index (χ0) is 17.3. The second kappa shape index (κ2) is 6.07. The maximum Gasteiger partial charge on any atom is 0.570 e. The molecule has 2 aromatic carbocycles. The van der Waals surface area contributed by atoms with Gasteiger partial charge in [-0.1, -0.05) is 48.5 Å². The van der Waals surface area contributed by atoms with E-state index in [1.54, 1.807) is 49.3 Å². The molecule has 2 aromatic rings. The molecular weight excluding hydrogens is 313 g/mol. The molecule has 2 atom stereocenters. The Bertz CT molecular complexity index is 798. The SMILES string of the molecule is CN(C)/C=[N+]1\[C@H](c2ccccc2)C(=O)O[B-]1(F)c1ccccc1F. The van der Waals surface area contributed by atoms with Gasteiger partial charge in [0, 0.05) is 5.56 Å². The van der Waals surface area contributed by atoms with Crippen LogP contribution in [0.15, 0.2) is 54.6 Å². The van der Waals surface area contributed by atoms with Gasteiger partial charge >= 0.3 is 12.7 Å². The summed E-state index contributed by atoms with van der Waals surface area (Å²) in [6.45, 7) is -3.52. The van der Waals surface area contributed by atoms with Crippen molar-refractivity contribution in [3.05, 3.63) is 66.0 Å². The van der Waals surface area contributed by atoms with Crippen molar-refractivity contribution in [3.8, 4) is 0 Å². The fourth-order valence-electron chi connectivity index (χ4n) is 2.94. The lowest BCUT2D eigenvalue weighted by Crippen LogP contribution is -2.55. The Balaban J connectivity index is 2.18. The van der Waals surface area contributed by atoms with Gasteiger partial charge in [-0.15, -0.1) is 0 Å². The minimum atomic E-state index is -3.52. The van der Waals surface area contributed by atoms with Crippen LogP contribution in [0.1, 0.15) is 11.6 Å². The van der Waals surface area contributed by atoms with Crippen molar-refractivity contribution in [2.75, 3.05) is 14.1 Å². The maximum atomic E-state index is 15.8. The Morgan fingerprint density at radius 2 is 1.75 bits per heavy atom. The molecule has 24 heavy (non-hydrogen) atoms. The number of halogens is 2. The summed E-state index contributed by atoms with van der Waals surface area (Å²) in [5.74, 6) is -1.50. The smallest absolute Gasteiger partial charge is 0.570 e. The van der Waals surface area contributed by atoms with Gasteiger partial charge in [0.1, 0.15) is 0 Å². The third-order valence-electron chi connectivity index (χ3n) is 3.95. The molecule has 1 aliphatic rings. The van der Waals surface area contributed by atoms with Gasteiger partial charge in [0.05, 0.1) is 19.9 Å². The van der Waals surface area contributed by atoms with Gasteiger partial charge in [0.2, 0.25) is 0 Å². The first-order valence-corrected chi connectivity index (χ1v) is 7.58. The van der Waals surface area contributed by atoms with Gasteiger partial charge in [-0.3, -0.25) is 9.69 Å². The van der Waals surface area contributed by atoms with E-state index in [0.29, 0.717) is 5.56 Å². The summed E-state index contributed by atoms with van der Waals surface area (Å²) in [6, 6.07) is 13.2. The largest absolute Gasteiger partial charge is 0.619 e. The lowest BCUT2D eigenvalue weighted by Gasteiger charge is -2.27. The molecule has 0 radical (unpaired) electrons. The first kappa shape index (κ1) is 16.2. The number of benzene rings is 2.